The molecule has 0 radical (unpaired) electrons. The number of imidazole rings is 1. The standard InChI is InChI=1S/C13H11BrN4O2/c1-8-11(4-15)17-13-18(8)6-10(20-13)7-19-12-3-2-9(14)5-16-12/h2-3,5,10H,6-7H2,1H3. The van der Waals surface area contributed by atoms with Crippen LogP contribution >= 0.6 is 15.9 Å². The van der Waals surface area contributed by atoms with Crippen LogP contribution in [0.3, 0.4) is 0 Å². The third-order valence-corrected chi connectivity index (χ3v) is 3.54. The lowest BCUT2D eigenvalue weighted by atomic mass is 10.3. The highest BCUT2D eigenvalue weighted by molar-refractivity contribution is 9.10. The van der Waals surface area contributed by atoms with Crippen LogP contribution in [0.2, 0.25) is 0 Å². The number of pyridine rings is 1. The summed E-state index contributed by atoms with van der Waals surface area (Å²) in [5.74, 6) is 0.552. The zero-order valence-corrected chi connectivity index (χ0v) is 12.3. The van der Waals surface area contributed by atoms with Crippen molar-refractivity contribution in [3.63, 3.8) is 0 Å². The van der Waals surface area contributed by atoms with E-state index in [-0.39, 0.29) is 6.10 Å². The molecule has 6 nitrogen and oxygen atoms in total. The van der Waals surface area contributed by atoms with Gasteiger partial charge in [0.15, 0.2) is 11.8 Å². The van der Waals surface area contributed by atoms with E-state index in [1.54, 1.807) is 12.3 Å². The molecule has 0 spiro atoms. The molecule has 1 aliphatic heterocycles. The molecule has 7 heteroatoms. The fourth-order valence-electron chi connectivity index (χ4n) is 2.02. The monoisotopic (exact) mass is 334 g/mol. The van der Waals surface area contributed by atoms with E-state index in [1.165, 1.54) is 0 Å². The van der Waals surface area contributed by atoms with Crippen molar-refractivity contribution in [2.45, 2.75) is 19.6 Å². The zero-order valence-electron chi connectivity index (χ0n) is 10.7. The molecule has 3 rings (SSSR count). The molecule has 0 amide bonds. The maximum Gasteiger partial charge on any atom is 0.298 e. The molecule has 2 aromatic rings. The van der Waals surface area contributed by atoms with Crippen molar-refractivity contribution in [2.24, 2.45) is 0 Å². The molecule has 2 aromatic heterocycles. The fourth-order valence-corrected chi connectivity index (χ4v) is 2.26. The highest BCUT2D eigenvalue weighted by Crippen LogP contribution is 2.25. The van der Waals surface area contributed by atoms with E-state index >= 15 is 0 Å². The number of aromatic nitrogens is 3. The minimum atomic E-state index is -0.116. The number of nitriles is 1. The highest BCUT2D eigenvalue weighted by Gasteiger charge is 2.28. The van der Waals surface area contributed by atoms with Gasteiger partial charge in [-0.05, 0) is 28.9 Å². The molecule has 0 N–H and O–H groups in total. The van der Waals surface area contributed by atoms with Crippen LogP contribution in [-0.4, -0.2) is 27.2 Å². The molecule has 0 bridgehead atoms. The zero-order chi connectivity index (χ0) is 14.1. The predicted octanol–water partition coefficient (Wildman–Crippen LogP) is 2.06. The lowest BCUT2D eigenvalue weighted by molar-refractivity contribution is 0.140. The van der Waals surface area contributed by atoms with Crippen LogP contribution in [0, 0.1) is 18.3 Å². The van der Waals surface area contributed by atoms with E-state index in [0.29, 0.717) is 30.7 Å². The quantitative estimate of drug-likeness (QED) is 0.858. The van der Waals surface area contributed by atoms with Gasteiger partial charge in [0.25, 0.3) is 6.01 Å². The molecule has 102 valence electrons. The van der Waals surface area contributed by atoms with Crippen LogP contribution in [0.5, 0.6) is 11.9 Å². The van der Waals surface area contributed by atoms with E-state index in [0.717, 1.165) is 10.2 Å². The number of nitrogens with zero attached hydrogens (tertiary/aromatic N) is 4. The Morgan fingerprint density at radius 3 is 3.10 bits per heavy atom. The second-order valence-electron chi connectivity index (χ2n) is 4.42. The van der Waals surface area contributed by atoms with Crippen LogP contribution in [-0.2, 0) is 6.54 Å². The van der Waals surface area contributed by atoms with Gasteiger partial charge in [-0.2, -0.15) is 10.2 Å². The smallest absolute Gasteiger partial charge is 0.298 e. The molecule has 1 unspecified atom stereocenters. The Morgan fingerprint density at radius 2 is 2.45 bits per heavy atom. The average molecular weight is 335 g/mol. The predicted molar refractivity (Wildman–Crippen MR) is 73.5 cm³/mol. The summed E-state index contributed by atoms with van der Waals surface area (Å²) in [6.45, 7) is 2.88. The summed E-state index contributed by atoms with van der Waals surface area (Å²) in [5.41, 5.74) is 1.24. The van der Waals surface area contributed by atoms with Crippen molar-refractivity contribution in [3.8, 4) is 18.0 Å². The first-order valence-electron chi connectivity index (χ1n) is 6.05. The topological polar surface area (TPSA) is 73.0 Å². The van der Waals surface area contributed by atoms with Gasteiger partial charge in [-0.15, -0.1) is 0 Å². The first-order chi connectivity index (χ1) is 9.67. The largest absolute Gasteiger partial charge is 0.474 e. The van der Waals surface area contributed by atoms with Crippen molar-refractivity contribution in [1.29, 1.82) is 5.26 Å². The minimum absolute atomic E-state index is 0.116. The van der Waals surface area contributed by atoms with Gasteiger partial charge in [0.2, 0.25) is 5.88 Å². The summed E-state index contributed by atoms with van der Waals surface area (Å²) >= 11 is 3.32. The third-order valence-electron chi connectivity index (χ3n) is 3.07. The Balaban J connectivity index is 1.62. The molecule has 0 aliphatic carbocycles. The normalized spacial score (nSPS) is 16.4. The molecular formula is C13H11BrN4O2. The Kier molecular flexibility index (Phi) is 3.32. The van der Waals surface area contributed by atoms with Gasteiger partial charge < -0.3 is 9.47 Å². The Hall–Kier alpha value is -2.07. The van der Waals surface area contributed by atoms with Gasteiger partial charge >= 0.3 is 0 Å². The minimum Gasteiger partial charge on any atom is -0.474 e. The lowest BCUT2D eigenvalue weighted by Gasteiger charge is -2.10. The highest BCUT2D eigenvalue weighted by atomic mass is 79.9. The van der Waals surface area contributed by atoms with Crippen molar-refractivity contribution >= 4 is 15.9 Å². The van der Waals surface area contributed by atoms with Gasteiger partial charge in [-0.3, -0.25) is 4.57 Å². The van der Waals surface area contributed by atoms with Crippen LogP contribution in [0.4, 0.5) is 0 Å². The van der Waals surface area contributed by atoms with E-state index in [2.05, 4.69) is 25.9 Å². The number of halogens is 1. The van der Waals surface area contributed by atoms with Crippen LogP contribution in [0.15, 0.2) is 22.8 Å². The number of rotatable bonds is 3. The number of ether oxygens (including phenoxy) is 2. The van der Waals surface area contributed by atoms with Gasteiger partial charge in [0.1, 0.15) is 12.7 Å². The van der Waals surface area contributed by atoms with Crippen molar-refractivity contribution in [3.05, 3.63) is 34.2 Å². The van der Waals surface area contributed by atoms with E-state index in [4.69, 9.17) is 14.7 Å². The summed E-state index contributed by atoms with van der Waals surface area (Å²) in [5, 5.41) is 8.90. The Morgan fingerprint density at radius 1 is 1.60 bits per heavy atom. The number of hydrogen-bond acceptors (Lipinski definition) is 5. The van der Waals surface area contributed by atoms with Crippen LogP contribution in [0.1, 0.15) is 11.4 Å². The SMILES string of the molecule is Cc1c(C#N)nc2n1CC(COc1ccc(Br)cn1)O2. The fraction of sp³-hybridized carbons (Fsp3) is 0.308. The van der Waals surface area contributed by atoms with E-state index in [9.17, 15) is 0 Å². The molecule has 0 saturated carbocycles. The Bertz CT molecular complexity index is 675. The molecule has 0 saturated heterocycles. The number of hydrogen-bond donors (Lipinski definition) is 0. The maximum atomic E-state index is 8.90. The molecule has 3 heterocycles. The second kappa shape index (κ2) is 5.13. The molecule has 20 heavy (non-hydrogen) atoms. The molecule has 1 atom stereocenters. The van der Waals surface area contributed by atoms with Crippen molar-refractivity contribution < 1.29 is 9.47 Å². The van der Waals surface area contributed by atoms with Gasteiger partial charge in [0.05, 0.1) is 12.2 Å². The first kappa shape index (κ1) is 12.9. The number of fused-ring (bicyclic) bond motifs is 1. The van der Waals surface area contributed by atoms with Gasteiger partial charge in [-0.1, -0.05) is 0 Å². The summed E-state index contributed by atoms with van der Waals surface area (Å²) < 4.78 is 14.0. The summed E-state index contributed by atoms with van der Waals surface area (Å²) in [7, 11) is 0. The summed E-state index contributed by atoms with van der Waals surface area (Å²) in [6, 6.07) is 6.18. The molecule has 0 fully saturated rings. The summed E-state index contributed by atoms with van der Waals surface area (Å²) in [6.07, 6.45) is 1.56. The Labute approximate surface area is 124 Å². The van der Waals surface area contributed by atoms with Crippen LogP contribution in [0.25, 0.3) is 0 Å². The molecule has 1 aliphatic rings. The maximum absolute atomic E-state index is 8.90. The molecule has 0 aromatic carbocycles. The second-order valence-corrected chi connectivity index (χ2v) is 5.33. The van der Waals surface area contributed by atoms with E-state index in [1.807, 2.05) is 23.6 Å². The third kappa shape index (κ3) is 2.34. The van der Waals surface area contributed by atoms with Crippen molar-refractivity contribution in [1.82, 2.24) is 14.5 Å². The average Bonchev–Trinajstić information content (AvgIpc) is 2.98. The lowest BCUT2D eigenvalue weighted by Crippen LogP contribution is -2.24. The van der Waals surface area contributed by atoms with E-state index < -0.39 is 0 Å². The van der Waals surface area contributed by atoms with Gasteiger partial charge in [-0.25, -0.2) is 4.98 Å². The van der Waals surface area contributed by atoms with Crippen molar-refractivity contribution in [2.75, 3.05) is 6.61 Å². The van der Waals surface area contributed by atoms with Crippen LogP contribution < -0.4 is 9.47 Å². The van der Waals surface area contributed by atoms with Gasteiger partial charge in [0, 0.05) is 16.7 Å². The molecular weight excluding hydrogens is 324 g/mol. The summed E-state index contributed by atoms with van der Waals surface area (Å²) in [4.78, 5) is 8.26. The first-order valence-corrected chi connectivity index (χ1v) is 6.85.